The number of benzene rings is 1. The fourth-order valence-electron chi connectivity index (χ4n) is 2.04. The van der Waals surface area contributed by atoms with Crippen molar-refractivity contribution in [3.05, 3.63) is 39.8 Å². The fraction of sp³-hybridized carbons (Fsp3) is 0.455. The van der Waals surface area contributed by atoms with Crippen LogP contribution in [0.4, 0.5) is 0 Å². The van der Waals surface area contributed by atoms with Gasteiger partial charge in [0.25, 0.3) is 0 Å². The maximum atomic E-state index is 10.3. The van der Waals surface area contributed by atoms with Gasteiger partial charge in [0.05, 0.1) is 5.29 Å². The van der Waals surface area contributed by atoms with Crippen molar-refractivity contribution in [1.29, 1.82) is 0 Å². The first-order valence-corrected chi connectivity index (χ1v) is 5.51. The summed E-state index contributed by atoms with van der Waals surface area (Å²) < 4.78 is 0. The Balaban J connectivity index is 2.04. The van der Waals surface area contributed by atoms with Crippen LogP contribution in [0.5, 0.6) is 0 Å². The summed E-state index contributed by atoms with van der Waals surface area (Å²) in [6.07, 6.45) is 1.96. The molecule has 4 heteroatoms. The van der Waals surface area contributed by atoms with E-state index >= 15 is 0 Å². The summed E-state index contributed by atoms with van der Waals surface area (Å²) in [5.74, 6) is 0.515. The lowest BCUT2D eigenvalue weighted by Crippen LogP contribution is -2.28. The Morgan fingerprint density at radius 2 is 2.07 bits per heavy atom. The molecule has 0 N–H and O–H groups in total. The molecule has 0 bridgehead atoms. The molecule has 80 valence electrons. The lowest BCUT2D eigenvalue weighted by Gasteiger charge is -2.27. The summed E-state index contributed by atoms with van der Waals surface area (Å²) in [5.41, 5.74) is 1.27. The third kappa shape index (κ3) is 2.48. The maximum absolute atomic E-state index is 10.3. The van der Waals surface area contributed by atoms with E-state index < -0.39 is 0 Å². The Kier molecular flexibility index (Phi) is 3.21. The molecule has 0 saturated carbocycles. The Bertz CT molecular complexity index is 348. The van der Waals surface area contributed by atoms with Crippen LogP contribution in [0.2, 0.25) is 5.02 Å². The quantitative estimate of drug-likeness (QED) is 0.723. The van der Waals surface area contributed by atoms with Crippen molar-refractivity contribution < 1.29 is 0 Å². The Morgan fingerprint density at radius 1 is 1.33 bits per heavy atom. The van der Waals surface area contributed by atoms with Crippen molar-refractivity contribution in [2.24, 2.45) is 5.29 Å². The molecule has 0 aromatic heterocycles. The molecule has 3 nitrogen and oxygen atoms in total. The van der Waals surface area contributed by atoms with E-state index in [0.29, 0.717) is 5.92 Å². The predicted octanol–water partition coefficient (Wildman–Crippen LogP) is 3.20. The van der Waals surface area contributed by atoms with Crippen molar-refractivity contribution in [3.8, 4) is 0 Å². The second-order valence-electron chi connectivity index (χ2n) is 3.86. The zero-order valence-corrected chi connectivity index (χ0v) is 9.15. The molecule has 1 aliphatic heterocycles. The van der Waals surface area contributed by atoms with E-state index in [1.165, 1.54) is 5.56 Å². The number of rotatable bonds is 2. The predicted molar refractivity (Wildman–Crippen MR) is 60.8 cm³/mol. The summed E-state index contributed by atoms with van der Waals surface area (Å²) in [6, 6.07) is 7.96. The van der Waals surface area contributed by atoms with Crippen molar-refractivity contribution in [2.45, 2.75) is 18.8 Å². The highest BCUT2D eigenvalue weighted by molar-refractivity contribution is 6.30. The van der Waals surface area contributed by atoms with Gasteiger partial charge in [-0.3, -0.25) is 5.01 Å². The van der Waals surface area contributed by atoms with Crippen LogP contribution in [0.3, 0.4) is 0 Å². The molecule has 0 spiro atoms. The highest BCUT2D eigenvalue weighted by Crippen LogP contribution is 2.29. The molecule has 1 aromatic rings. The monoisotopic (exact) mass is 224 g/mol. The van der Waals surface area contributed by atoms with E-state index in [2.05, 4.69) is 11.4 Å². The fourth-order valence-corrected chi connectivity index (χ4v) is 2.24. The second-order valence-corrected chi connectivity index (χ2v) is 4.30. The van der Waals surface area contributed by atoms with Crippen molar-refractivity contribution in [2.75, 3.05) is 13.1 Å². The van der Waals surface area contributed by atoms with Gasteiger partial charge in [-0.2, -0.15) is 0 Å². The normalized spacial score (nSPS) is 17.8. The third-order valence-corrected chi connectivity index (χ3v) is 3.14. The number of nitroso groups, excluding NO2 is 1. The molecular formula is C11H13ClN2O. The summed E-state index contributed by atoms with van der Waals surface area (Å²) in [7, 11) is 0. The van der Waals surface area contributed by atoms with Gasteiger partial charge in [0, 0.05) is 18.1 Å². The van der Waals surface area contributed by atoms with Crippen LogP contribution in [0.1, 0.15) is 24.3 Å². The number of halogens is 1. The minimum atomic E-state index is 0.515. The number of piperidine rings is 1. The molecule has 0 unspecified atom stereocenters. The molecule has 2 rings (SSSR count). The van der Waals surface area contributed by atoms with E-state index in [-0.39, 0.29) is 0 Å². The molecule has 1 saturated heterocycles. The zero-order valence-electron chi connectivity index (χ0n) is 8.40. The van der Waals surface area contributed by atoms with Gasteiger partial charge in [0.15, 0.2) is 0 Å². The summed E-state index contributed by atoms with van der Waals surface area (Å²) in [6.45, 7) is 1.50. The van der Waals surface area contributed by atoms with Gasteiger partial charge in [0.2, 0.25) is 0 Å². The molecule has 1 heterocycles. The van der Waals surface area contributed by atoms with Gasteiger partial charge >= 0.3 is 0 Å². The van der Waals surface area contributed by atoms with Crippen molar-refractivity contribution >= 4 is 11.6 Å². The largest absolute Gasteiger partial charge is 0.261 e. The summed E-state index contributed by atoms with van der Waals surface area (Å²) in [5, 5.41) is 5.32. The standard InChI is InChI=1S/C11H13ClN2O/c12-11-3-1-2-10(8-11)9-4-6-14(13-15)7-5-9/h1-3,8-9H,4-7H2. The lowest BCUT2D eigenvalue weighted by atomic mass is 9.90. The first-order valence-electron chi connectivity index (χ1n) is 5.13. The zero-order chi connectivity index (χ0) is 10.7. The smallest absolute Gasteiger partial charge is 0.0523 e. The summed E-state index contributed by atoms with van der Waals surface area (Å²) in [4.78, 5) is 10.3. The molecule has 0 aliphatic carbocycles. The van der Waals surface area contributed by atoms with Gasteiger partial charge in [-0.15, -0.1) is 4.91 Å². The van der Waals surface area contributed by atoms with E-state index in [0.717, 1.165) is 31.0 Å². The van der Waals surface area contributed by atoms with Crippen molar-refractivity contribution in [3.63, 3.8) is 0 Å². The molecule has 0 atom stereocenters. The van der Waals surface area contributed by atoms with Crippen LogP contribution in [0.25, 0.3) is 0 Å². The number of nitrogens with zero attached hydrogens (tertiary/aromatic N) is 2. The van der Waals surface area contributed by atoms with E-state index in [4.69, 9.17) is 11.6 Å². The molecular weight excluding hydrogens is 212 g/mol. The maximum Gasteiger partial charge on any atom is 0.0523 e. The molecule has 1 aromatic carbocycles. The van der Waals surface area contributed by atoms with E-state index in [1.807, 2.05) is 18.2 Å². The average Bonchev–Trinajstić information content (AvgIpc) is 2.29. The topological polar surface area (TPSA) is 32.7 Å². The van der Waals surface area contributed by atoms with Crippen LogP contribution in [-0.4, -0.2) is 18.1 Å². The van der Waals surface area contributed by atoms with Crippen molar-refractivity contribution in [1.82, 2.24) is 5.01 Å². The van der Waals surface area contributed by atoms with Crippen LogP contribution in [0.15, 0.2) is 29.6 Å². The first-order chi connectivity index (χ1) is 7.29. The molecule has 15 heavy (non-hydrogen) atoms. The van der Waals surface area contributed by atoms with Crippen LogP contribution < -0.4 is 0 Å². The second kappa shape index (κ2) is 4.62. The Hall–Kier alpha value is -1.09. The first kappa shape index (κ1) is 10.4. The van der Waals surface area contributed by atoms with Gasteiger partial charge in [0.1, 0.15) is 0 Å². The third-order valence-electron chi connectivity index (χ3n) is 2.91. The Labute approximate surface area is 94.0 Å². The average molecular weight is 225 g/mol. The number of hydrogen-bond donors (Lipinski definition) is 0. The SMILES string of the molecule is O=NN1CCC(c2cccc(Cl)c2)CC1. The van der Waals surface area contributed by atoms with Crippen LogP contribution in [-0.2, 0) is 0 Å². The molecule has 0 amide bonds. The number of hydrogen-bond acceptors (Lipinski definition) is 2. The lowest BCUT2D eigenvalue weighted by molar-refractivity contribution is 0.218. The van der Waals surface area contributed by atoms with Gasteiger partial charge in [-0.25, -0.2) is 0 Å². The van der Waals surface area contributed by atoms with Crippen LogP contribution >= 0.6 is 11.6 Å². The Morgan fingerprint density at radius 3 is 2.67 bits per heavy atom. The van der Waals surface area contributed by atoms with Gasteiger partial charge < -0.3 is 0 Å². The van der Waals surface area contributed by atoms with Gasteiger partial charge in [-0.05, 0) is 36.5 Å². The molecule has 0 radical (unpaired) electrons. The highest BCUT2D eigenvalue weighted by Gasteiger charge is 2.20. The highest BCUT2D eigenvalue weighted by atomic mass is 35.5. The van der Waals surface area contributed by atoms with Crippen LogP contribution in [0, 0.1) is 4.91 Å². The van der Waals surface area contributed by atoms with Gasteiger partial charge in [-0.1, -0.05) is 23.7 Å². The minimum absolute atomic E-state index is 0.515. The summed E-state index contributed by atoms with van der Waals surface area (Å²) >= 11 is 5.94. The van der Waals surface area contributed by atoms with E-state index in [9.17, 15) is 4.91 Å². The molecule has 1 fully saturated rings. The molecule has 1 aliphatic rings. The minimum Gasteiger partial charge on any atom is -0.261 e. The van der Waals surface area contributed by atoms with E-state index in [1.54, 1.807) is 5.01 Å².